The van der Waals surface area contributed by atoms with Crippen LogP contribution in [0.4, 0.5) is 0 Å². The van der Waals surface area contributed by atoms with Crippen molar-refractivity contribution >= 4 is 22.6 Å². The molecule has 0 saturated heterocycles. The molecule has 34 heavy (non-hydrogen) atoms. The summed E-state index contributed by atoms with van der Waals surface area (Å²) in [5, 5.41) is 5.49. The lowest BCUT2D eigenvalue weighted by molar-refractivity contribution is 0.568. The molecule has 6 rings (SSSR count). The molecule has 3 heterocycles. The summed E-state index contributed by atoms with van der Waals surface area (Å²) in [7, 11) is 0. The van der Waals surface area contributed by atoms with Crippen molar-refractivity contribution < 1.29 is 4.42 Å². The summed E-state index contributed by atoms with van der Waals surface area (Å²) in [6.45, 7) is 0. The summed E-state index contributed by atoms with van der Waals surface area (Å²) in [5.41, 5.74) is 4.57. The van der Waals surface area contributed by atoms with Crippen molar-refractivity contribution in [3.63, 3.8) is 0 Å². The third-order valence-electron chi connectivity index (χ3n) is 5.68. The highest BCUT2D eigenvalue weighted by Crippen LogP contribution is 2.27. The van der Waals surface area contributed by atoms with E-state index in [4.69, 9.17) is 21.0 Å². The van der Waals surface area contributed by atoms with Crippen molar-refractivity contribution in [1.29, 1.82) is 0 Å². The fourth-order valence-electron chi connectivity index (χ4n) is 3.99. The first-order valence-electron chi connectivity index (χ1n) is 10.6. The Labute approximate surface area is 199 Å². The van der Waals surface area contributed by atoms with Crippen molar-refractivity contribution in [2.75, 3.05) is 0 Å². The van der Waals surface area contributed by atoms with Crippen LogP contribution in [0.2, 0.25) is 5.02 Å². The van der Waals surface area contributed by atoms with E-state index in [1.54, 1.807) is 40.1 Å². The summed E-state index contributed by atoms with van der Waals surface area (Å²) in [5.74, 6) is 0.510. The molecule has 0 aliphatic rings. The predicted octanol–water partition coefficient (Wildman–Crippen LogP) is 6.15. The number of aromatic nitrogens is 4. The lowest BCUT2D eigenvalue weighted by atomic mass is 10.1. The lowest BCUT2D eigenvalue weighted by Gasteiger charge is -2.14. The van der Waals surface area contributed by atoms with Crippen LogP contribution < -0.4 is 5.56 Å². The molecule has 0 aliphatic carbocycles. The van der Waals surface area contributed by atoms with E-state index in [0.29, 0.717) is 27.6 Å². The average molecular weight is 465 g/mol. The van der Waals surface area contributed by atoms with Crippen molar-refractivity contribution in [3.05, 3.63) is 119 Å². The highest BCUT2D eigenvalue weighted by atomic mass is 35.5. The Morgan fingerprint density at radius 3 is 2.21 bits per heavy atom. The minimum atomic E-state index is -0.205. The molecule has 3 aromatic heterocycles. The second kappa shape index (κ2) is 8.17. The maximum Gasteiger partial charge on any atom is 0.269 e. The number of hydrogen-bond acceptors (Lipinski definition) is 4. The monoisotopic (exact) mass is 464 g/mol. The topological polar surface area (TPSA) is 65.8 Å². The lowest BCUT2D eigenvalue weighted by Crippen LogP contribution is -2.22. The summed E-state index contributed by atoms with van der Waals surface area (Å²) in [6, 6.07) is 26.5. The zero-order valence-electron chi connectivity index (χ0n) is 17.8. The average Bonchev–Trinajstić information content (AvgIpc) is 3.56. The van der Waals surface area contributed by atoms with Crippen LogP contribution in [0.25, 0.3) is 44.9 Å². The predicted molar refractivity (Wildman–Crippen MR) is 133 cm³/mol. The third-order valence-corrected chi connectivity index (χ3v) is 5.94. The number of rotatable bonds is 4. The van der Waals surface area contributed by atoms with E-state index in [1.807, 2.05) is 72.8 Å². The summed E-state index contributed by atoms with van der Waals surface area (Å²) >= 11 is 6.10. The number of furan rings is 1. The van der Waals surface area contributed by atoms with Crippen molar-refractivity contribution in [1.82, 2.24) is 19.3 Å². The van der Waals surface area contributed by atoms with Crippen molar-refractivity contribution in [2.45, 2.75) is 0 Å². The SMILES string of the molecule is O=c1c2cnn(-c3ccccc3)c2nc(-c2ccc(-c3ccoc3)cc2)n1-c1ccc(Cl)cc1. The molecule has 3 aromatic carbocycles. The summed E-state index contributed by atoms with van der Waals surface area (Å²) in [6.07, 6.45) is 4.90. The van der Waals surface area contributed by atoms with Gasteiger partial charge in [0, 0.05) is 16.1 Å². The highest BCUT2D eigenvalue weighted by molar-refractivity contribution is 6.30. The van der Waals surface area contributed by atoms with Crippen LogP contribution >= 0.6 is 11.6 Å². The first-order chi connectivity index (χ1) is 16.7. The molecule has 0 saturated carbocycles. The number of para-hydroxylation sites is 1. The van der Waals surface area contributed by atoms with Gasteiger partial charge in [0.15, 0.2) is 5.65 Å². The Bertz CT molecular complexity index is 1650. The maximum absolute atomic E-state index is 13.7. The van der Waals surface area contributed by atoms with Gasteiger partial charge in [0.2, 0.25) is 0 Å². The molecular weight excluding hydrogens is 448 g/mol. The van der Waals surface area contributed by atoms with Crippen molar-refractivity contribution in [2.24, 2.45) is 0 Å². The van der Waals surface area contributed by atoms with Crippen LogP contribution in [-0.4, -0.2) is 19.3 Å². The number of halogens is 1. The van der Waals surface area contributed by atoms with Crippen LogP contribution in [0.5, 0.6) is 0 Å². The molecule has 0 radical (unpaired) electrons. The van der Waals surface area contributed by atoms with Crippen molar-refractivity contribution in [3.8, 4) is 33.9 Å². The molecule has 0 N–H and O–H groups in total. The first kappa shape index (κ1) is 20.2. The number of hydrogen-bond donors (Lipinski definition) is 0. The van der Waals surface area contributed by atoms with Crippen LogP contribution in [0, 0.1) is 0 Å². The highest BCUT2D eigenvalue weighted by Gasteiger charge is 2.18. The zero-order chi connectivity index (χ0) is 23.1. The standard InChI is InChI=1S/C27H17ClN4O2/c28-21-10-12-22(13-11-21)31-25(19-8-6-18(7-9-19)20-14-15-34-17-20)30-26-24(27(31)33)16-29-32(26)23-4-2-1-3-5-23/h1-17H. The molecular formula is C27H17ClN4O2. The fourth-order valence-corrected chi connectivity index (χ4v) is 4.12. The second-order valence-corrected chi connectivity index (χ2v) is 8.21. The maximum atomic E-state index is 13.7. The minimum Gasteiger partial charge on any atom is -0.472 e. The zero-order valence-corrected chi connectivity index (χ0v) is 18.6. The van der Waals surface area contributed by atoms with Gasteiger partial charge in [-0.1, -0.05) is 54.1 Å². The molecule has 6 nitrogen and oxygen atoms in total. The van der Waals surface area contributed by atoms with E-state index >= 15 is 0 Å². The van der Waals surface area contributed by atoms with E-state index in [0.717, 1.165) is 22.4 Å². The van der Waals surface area contributed by atoms with Crippen LogP contribution in [0.15, 0.2) is 113 Å². The van der Waals surface area contributed by atoms with E-state index in [2.05, 4.69) is 5.10 Å². The van der Waals surface area contributed by atoms with Gasteiger partial charge in [-0.25, -0.2) is 9.67 Å². The van der Waals surface area contributed by atoms with Gasteiger partial charge in [-0.3, -0.25) is 9.36 Å². The second-order valence-electron chi connectivity index (χ2n) is 7.77. The van der Waals surface area contributed by atoms with Crippen LogP contribution in [0.3, 0.4) is 0 Å². The Morgan fingerprint density at radius 1 is 0.765 bits per heavy atom. The summed E-state index contributed by atoms with van der Waals surface area (Å²) < 4.78 is 8.49. The molecule has 7 heteroatoms. The molecule has 6 aromatic rings. The quantitative estimate of drug-likeness (QED) is 0.314. The molecule has 0 bridgehead atoms. The van der Waals surface area contributed by atoms with Crippen LogP contribution in [-0.2, 0) is 0 Å². The Morgan fingerprint density at radius 2 is 1.50 bits per heavy atom. The van der Waals surface area contributed by atoms with E-state index in [-0.39, 0.29) is 5.56 Å². The number of fused-ring (bicyclic) bond motifs is 1. The molecule has 0 aliphatic heterocycles. The Hall–Kier alpha value is -4.42. The molecule has 0 atom stereocenters. The Balaban J connectivity index is 1.61. The van der Waals surface area contributed by atoms with Gasteiger partial charge < -0.3 is 4.42 Å². The van der Waals surface area contributed by atoms with E-state index in [9.17, 15) is 4.79 Å². The first-order valence-corrected chi connectivity index (χ1v) is 11.0. The van der Waals surface area contributed by atoms with Gasteiger partial charge in [-0.05, 0) is 48.0 Å². The van der Waals surface area contributed by atoms with Gasteiger partial charge in [0.1, 0.15) is 11.2 Å². The smallest absolute Gasteiger partial charge is 0.269 e. The molecule has 0 fully saturated rings. The van der Waals surface area contributed by atoms with Gasteiger partial charge in [-0.2, -0.15) is 5.10 Å². The van der Waals surface area contributed by atoms with Gasteiger partial charge in [0.05, 0.1) is 30.1 Å². The van der Waals surface area contributed by atoms with E-state index in [1.165, 1.54) is 0 Å². The largest absolute Gasteiger partial charge is 0.472 e. The van der Waals surface area contributed by atoms with E-state index < -0.39 is 0 Å². The van der Waals surface area contributed by atoms with Crippen LogP contribution in [0.1, 0.15) is 0 Å². The minimum absolute atomic E-state index is 0.205. The molecule has 0 unspecified atom stereocenters. The number of nitrogens with zero attached hydrogens (tertiary/aromatic N) is 4. The Kier molecular flexibility index (Phi) is 4.86. The molecule has 164 valence electrons. The van der Waals surface area contributed by atoms with Gasteiger partial charge in [-0.15, -0.1) is 0 Å². The molecule has 0 amide bonds. The normalized spacial score (nSPS) is 11.2. The third kappa shape index (κ3) is 3.41. The fraction of sp³-hybridized carbons (Fsp3) is 0. The molecule has 0 spiro atoms. The summed E-state index contributed by atoms with van der Waals surface area (Å²) in [4.78, 5) is 18.7. The van der Waals surface area contributed by atoms with Gasteiger partial charge >= 0.3 is 0 Å². The number of benzene rings is 3. The van der Waals surface area contributed by atoms with Gasteiger partial charge in [0.25, 0.3) is 5.56 Å².